The van der Waals surface area contributed by atoms with E-state index < -0.39 is 0 Å². The Morgan fingerprint density at radius 3 is 1.85 bits per heavy atom. The van der Waals surface area contributed by atoms with Gasteiger partial charge in [0.25, 0.3) is 0 Å². The molecule has 0 heterocycles. The van der Waals surface area contributed by atoms with Crippen LogP contribution in [0.2, 0.25) is 0 Å². The molecule has 0 unspecified atom stereocenters. The first-order chi connectivity index (χ1) is 5.62. The quantitative estimate of drug-likeness (QED) is 0.619. The second-order valence-electron chi connectivity index (χ2n) is 5.20. The van der Waals surface area contributed by atoms with Crippen molar-refractivity contribution in [1.82, 2.24) is 0 Å². The lowest BCUT2D eigenvalue weighted by Gasteiger charge is -2.25. The highest BCUT2D eigenvalue weighted by Crippen LogP contribution is 2.12. The standard InChI is InChI=1S/C11H23NO/c1-9(2)13-11(6,7)8-12-10(3,4)5/h8-9H,1-7H3. The Morgan fingerprint density at radius 1 is 1.08 bits per heavy atom. The van der Waals surface area contributed by atoms with E-state index in [1.807, 2.05) is 33.9 Å². The highest BCUT2D eigenvalue weighted by molar-refractivity contribution is 5.67. The minimum atomic E-state index is -0.262. The van der Waals surface area contributed by atoms with Gasteiger partial charge in [0.05, 0.1) is 17.2 Å². The molecule has 0 aliphatic heterocycles. The van der Waals surface area contributed by atoms with Crippen molar-refractivity contribution in [3.8, 4) is 0 Å². The molecule has 0 N–H and O–H groups in total. The maximum absolute atomic E-state index is 5.68. The third kappa shape index (κ3) is 7.97. The van der Waals surface area contributed by atoms with Crippen molar-refractivity contribution in [1.29, 1.82) is 0 Å². The van der Waals surface area contributed by atoms with Crippen LogP contribution in [0.5, 0.6) is 0 Å². The van der Waals surface area contributed by atoms with Crippen molar-refractivity contribution in [2.24, 2.45) is 4.99 Å². The number of hydrogen-bond donors (Lipinski definition) is 0. The molecule has 78 valence electrons. The van der Waals surface area contributed by atoms with Gasteiger partial charge < -0.3 is 4.74 Å². The third-order valence-corrected chi connectivity index (χ3v) is 1.30. The average molecular weight is 185 g/mol. The van der Waals surface area contributed by atoms with Crippen molar-refractivity contribution in [3.63, 3.8) is 0 Å². The molecular weight excluding hydrogens is 162 g/mol. The van der Waals surface area contributed by atoms with Gasteiger partial charge in [-0.3, -0.25) is 4.99 Å². The van der Waals surface area contributed by atoms with Crippen LogP contribution in [0.4, 0.5) is 0 Å². The normalized spacial score (nSPS) is 14.5. The molecule has 0 saturated heterocycles. The minimum absolute atomic E-state index is 0.0163. The first-order valence-electron chi connectivity index (χ1n) is 4.87. The molecule has 0 spiro atoms. The highest BCUT2D eigenvalue weighted by atomic mass is 16.5. The van der Waals surface area contributed by atoms with Gasteiger partial charge in [0.15, 0.2) is 0 Å². The molecule has 2 nitrogen and oxygen atoms in total. The number of rotatable bonds is 3. The number of nitrogens with zero attached hydrogens (tertiary/aromatic N) is 1. The summed E-state index contributed by atoms with van der Waals surface area (Å²) in [6.45, 7) is 14.4. The zero-order valence-corrected chi connectivity index (χ0v) is 10.0. The molecule has 0 aliphatic carbocycles. The van der Waals surface area contributed by atoms with Gasteiger partial charge in [-0.05, 0) is 48.5 Å². The molecule has 0 amide bonds. The van der Waals surface area contributed by atoms with E-state index in [2.05, 4.69) is 25.8 Å². The minimum Gasteiger partial charge on any atom is -0.367 e. The number of hydrogen-bond acceptors (Lipinski definition) is 2. The van der Waals surface area contributed by atoms with Gasteiger partial charge in [0, 0.05) is 6.21 Å². The maximum atomic E-state index is 5.68. The zero-order valence-electron chi connectivity index (χ0n) is 10.0. The molecule has 13 heavy (non-hydrogen) atoms. The fourth-order valence-corrected chi connectivity index (χ4v) is 0.987. The SMILES string of the molecule is CC(C)OC(C)(C)C=NC(C)(C)C. The molecule has 0 fully saturated rings. The van der Waals surface area contributed by atoms with Crippen molar-refractivity contribution in [2.45, 2.75) is 65.7 Å². The van der Waals surface area contributed by atoms with Crippen LogP contribution >= 0.6 is 0 Å². The largest absolute Gasteiger partial charge is 0.367 e. The summed E-state index contributed by atoms with van der Waals surface area (Å²) in [6, 6.07) is 0. The van der Waals surface area contributed by atoms with Crippen molar-refractivity contribution < 1.29 is 4.74 Å². The lowest BCUT2D eigenvalue weighted by atomic mass is 10.1. The van der Waals surface area contributed by atoms with Crippen LogP contribution in [0, 0.1) is 0 Å². The van der Waals surface area contributed by atoms with Crippen molar-refractivity contribution in [3.05, 3.63) is 0 Å². The van der Waals surface area contributed by atoms with E-state index in [0.717, 1.165) is 0 Å². The number of aliphatic imine (C=N–C) groups is 1. The van der Waals surface area contributed by atoms with Gasteiger partial charge in [0.2, 0.25) is 0 Å². The first kappa shape index (κ1) is 12.6. The molecule has 0 bridgehead atoms. The zero-order chi connectivity index (χ0) is 10.7. The summed E-state index contributed by atoms with van der Waals surface area (Å²) in [4.78, 5) is 4.43. The van der Waals surface area contributed by atoms with Gasteiger partial charge in [0.1, 0.15) is 0 Å². The molecule has 0 aliphatic rings. The maximum Gasteiger partial charge on any atom is 0.0975 e. The van der Waals surface area contributed by atoms with Crippen LogP contribution in [0.15, 0.2) is 4.99 Å². The van der Waals surface area contributed by atoms with Crippen molar-refractivity contribution >= 4 is 6.21 Å². The Balaban J connectivity index is 4.24. The third-order valence-electron chi connectivity index (χ3n) is 1.30. The van der Waals surface area contributed by atoms with Crippen molar-refractivity contribution in [2.75, 3.05) is 0 Å². The van der Waals surface area contributed by atoms with Gasteiger partial charge in [-0.1, -0.05) is 0 Å². The second kappa shape index (κ2) is 4.23. The molecular formula is C11H23NO. The van der Waals surface area contributed by atoms with Crippen LogP contribution in [0.25, 0.3) is 0 Å². The van der Waals surface area contributed by atoms with Crippen LogP contribution in [-0.4, -0.2) is 23.5 Å². The molecule has 0 aromatic carbocycles. The lowest BCUT2D eigenvalue weighted by Crippen LogP contribution is -2.31. The fraction of sp³-hybridized carbons (Fsp3) is 0.909. The predicted octanol–water partition coefficient (Wildman–Crippen LogP) is 3.06. The van der Waals surface area contributed by atoms with Crippen LogP contribution < -0.4 is 0 Å². The van der Waals surface area contributed by atoms with E-state index in [1.54, 1.807) is 0 Å². The molecule has 0 aromatic rings. The summed E-state index contributed by atoms with van der Waals surface area (Å²) in [5.41, 5.74) is -0.279. The Labute approximate surface area is 82.4 Å². The van der Waals surface area contributed by atoms with Gasteiger partial charge in [-0.2, -0.15) is 0 Å². The summed E-state index contributed by atoms with van der Waals surface area (Å²) in [5.74, 6) is 0. The Hall–Kier alpha value is -0.370. The van der Waals surface area contributed by atoms with Crippen LogP contribution in [0.1, 0.15) is 48.5 Å². The summed E-state index contributed by atoms with van der Waals surface area (Å²) < 4.78 is 5.68. The molecule has 2 heteroatoms. The summed E-state index contributed by atoms with van der Waals surface area (Å²) in [6.07, 6.45) is 2.13. The molecule has 0 saturated carbocycles. The fourth-order valence-electron chi connectivity index (χ4n) is 0.987. The van der Waals surface area contributed by atoms with E-state index >= 15 is 0 Å². The summed E-state index contributed by atoms with van der Waals surface area (Å²) in [7, 11) is 0. The van der Waals surface area contributed by atoms with E-state index in [0.29, 0.717) is 0 Å². The van der Waals surface area contributed by atoms with Crippen LogP contribution in [0.3, 0.4) is 0 Å². The Kier molecular flexibility index (Phi) is 4.11. The molecule has 0 aromatic heterocycles. The van der Waals surface area contributed by atoms with Gasteiger partial charge in [-0.25, -0.2) is 0 Å². The van der Waals surface area contributed by atoms with Gasteiger partial charge in [-0.15, -0.1) is 0 Å². The Bertz CT molecular complexity index is 175. The topological polar surface area (TPSA) is 21.6 Å². The summed E-state index contributed by atoms with van der Waals surface area (Å²) in [5, 5.41) is 0. The monoisotopic (exact) mass is 185 g/mol. The second-order valence-corrected chi connectivity index (χ2v) is 5.20. The van der Waals surface area contributed by atoms with Crippen LogP contribution in [-0.2, 0) is 4.74 Å². The first-order valence-corrected chi connectivity index (χ1v) is 4.87. The lowest BCUT2D eigenvalue weighted by molar-refractivity contribution is -0.00644. The summed E-state index contributed by atoms with van der Waals surface area (Å²) >= 11 is 0. The van der Waals surface area contributed by atoms with E-state index in [1.165, 1.54) is 0 Å². The Morgan fingerprint density at radius 2 is 1.54 bits per heavy atom. The van der Waals surface area contributed by atoms with E-state index in [4.69, 9.17) is 4.74 Å². The average Bonchev–Trinajstić information content (AvgIpc) is 1.79. The number of ether oxygens (including phenoxy) is 1. The van der Waals surface area contributed by atoms with E-state index in [-0.39, 0.29) is 17.2 Å². The molecule has 0 rings (SSSR count). The smallest absolute Gasteiger partial charge is 0.0975 e. The molecule has 0 radical (unpaired) electrons. The van der Waals surface area contributed by atoms with E-state index in [9.17, 15) is 0 Å². The van der Waals surface area contributed by atoms with Gasteiger partial charge >= 0.3 is 0 Å². The predicted molar refractivity (Wildman–Crippen MR) is 58.5 cm³/mol. The molecule has 0 atom stereocenters. The highest BCUT2D eigenvalue weighted by Gasteiger charge is 2.18.